The Morgan fingerprint density at radius 2 is 1.76 bits per heavy atom. The zero-order valence-corrected chi connectivity index (χ0v) is 22.1. The molecule has 3 saturated carbocycles. The molecule has 1 saturated heterocycles. The first kappa shape index (κ1) is 24.8. The quantitative estimate of drug-likeness (QED) is 0.362. The molecule has 0 spiro atoms. The molecule has 4 aromatic rings. The van der Waals surface area contributed by atoms with Gasteiger partial charge in [0.25, 0.3) is 0 Å². The summed E-state index contributed by atoms with van der Waals surface area (Å²) in [6, 6.07) is 3.45. The van der Waals surface area contributed by atoms with Gasteiger partial charge in [0.1, 0.15) is 28.9 Å². The molecule has 0 unspecified atom stereocenters. The maximum absolute atomic E-state index is 14.8. The number of aromatic nitrogens is 6. The van der Waals surface area contributed by atoms with Crippen LogP contribution in [-0.2, 0) is 10.3 Å². The van der Waals surface area contributed by atoms with Gasteiger partial charge in [-0.2, -0.15) is 10.1 Å². The lowest BCUT2D eigenvalue weighted by molar-refractivity contribution is -0.0979. The number of nitrogens with zero attached hydrogens (tertiary/aromatic N) is 7. The zero-order valence-electron chi connectivity index (χ0n) is 22.1. The van der Waals surface area contributed by atoms with E-state index in [4.69, 9.17) is 14.7 Å². The van der Waals surface area contributed by atoms with Crippen molar-refractivity contribution in [2.24, 2.45) is 5.92 Å². The Labute approximate surface area is 220 Å². The average Bonchev–Trinajstić information content (AvgIpc) is 3.34. The Balaban J connectivity index is 0.00000129. The number of benzene rings is 1. The zero-order chi connectivity index (χ0) is 26.6. The van der Waals surface area contributed by atoms with Gasteiger partial charge in [0.15, 0.2) is 5.65 Å². The van der Waals surface area contributed by atoms with Crippen LogP contribution in [0.5, 0.6) is 0 Å². The van der Waals surface area contributed by atoms with Gasteiger partial charge in [-0.3, -0.25) is 4.68 Å². The summed E-state index contributed by atoms with van der Waals surface area (Å²) in [5.74, 6) is -0.0658. The molecular weight excluding hydrogens is 488 g/mol. The van der Waals surface area contributed by atoms with Gasteiger partial charge in [-0.05, 0) is 51.2 Å². The Morgan fingerprint density at radius 1 is 1.00 bits per heavy atom. The van der Waals surface area contributed by atoms with Crippen molar-refractivity contribution in [1.82, 2.24) is 29.7 Å². The molecular formula is C28H31F2N7O. The fourth-order valence-corrected chi connectivity index (χ4v) is 5.62. The fraction of sp³-hybridized carbons (Fsp3) is 0.464. The largest absolute Gasteiger partial charge is 0.370 e. The molecule has 10 heteroatoms. The van der Waals surface area contributed by atoms with E-state index < -0.39 is 11.6 Å². The number of halogens is 2. The van der Waals surface area contributed by atoms with E-state index in [0.29, 0.717) is 48.2 Å². The van der Waals surface area contributed by atoms with Crippen LogP contribution in [0, 0.1) is 31.4 Å². The monoisotopic (exact) mass is 519 g/mol. The Bertz CT molecular complexity index is 1500. The van der Waals surface area contributed by atoms with Crippen LogP contribution in [0.4, 0.5) is 14.7 Å². The van der Waals surface area contributed by atoms with Gasteiger partial charge < -0.3 is 9.64 Å². The molecule has 8 nitrogen and oxygen atoms in total. The first-order chi connectivity index (χ1) is 18.4. The van der Waals surface area contributed by atoms with Crippen molar-refractivity contribution in [3.63, 3.8) is 0 Å². The summed E-state index contributed by atoms with van der Waals surface area (Å²) in [6.07, 6.45) is 7.49. The number of rotatable bonds is 4. The van der Waals surface area contributed by atoms with Crippen LogP contribution in [0.2, 0.25) is 0 Å². The highest BCUT2D eigenvalue weighted by atomic mass is 19.1. The minimum atomic E-state index is -0.707. The molecule has 38 heavy (non-hydrogen) atoms. The second-order valence-corrected chi connectivity index (χ2v) is 10.3. The van der Waals surface area contributed by atoms with E-state index >= 15 is 0 Å². The summed E-state index contributed by atoms with van der Waals surface area (Å²) >= 11 is 0. The molecule has 3 aromatic heterocycles. The molecule has 8 rings (SSSR count). The van der Waals surface area contributed by atoms with Crippen molar-refractivity contribution in [2.45, 2.75) is 58.6 Å². The molecule has 4 heterocycles. The Kier molecular flexibility index (Phi) is 6.09. The normalized spacial score (nSPS) is 23.9. The van der Waals surface area contributed by atoms with Gasteiger partial charge in [0.2, 0.25) is 5.95 Å². The highest BCUT2D eigenvalue weighted by molar-refractivity contribution is 5.88. The van der Waals surface area contributed by atoms with E-state index in [0.717, 1.165) is 23.2 Å². The third-order valence-electron chi connectivity index (χ3n) is 7.93. The number of aryl methyl sites for hydroxylation is 2. The molecule has 1 atom stereocenters. The predicted octanol–water partition coefficient (Wildman–Crippen LogP) is 5.29. The van der Waals surface area contributed by atoms with Gasteiger partial charge in [-0.1, -0.05) is 13.8 Å². The van der Waals surface area contributed by atoms with E-state index in [-0.39, 0.29) is 17.2 Å². The van der Waals surface area contributed by atoms with Crippen molar-refractivity contribution >= 4 is 17.1 Å². The summed E-state index contributed by atoms with van der Waals surface area (Å²) < 4.78 is 36.7. The van der Waals surface area contributed by atoms with Crippen LogP contribution in [0.3, 0.4) is 0 Å². The molecule has 4 aliphatic rings. The molecule has 4 fully saturated rings. The van der Waals surface area contributed by atoms with Crippen LogP contribution in [0.1, 0.15) is 56.2 Å². The minimum absolute atomic E-state index is 0.159. The van der Waals surface area contributed by atoms with Crippen LogP contribution >= 0.6 is 0 Å². The Morgan fingerprint density at radius 3 is 2.47 bits per heavy atom. The molecule has 0 N–H and O–H groups in total. The lowest BCUT2D eigenvalue weighted by Gasteiger charge is -2.61. The van der Waals surface area contributed by atoms with Gasteiger partial charge >= 0.3 is 0 Å². The molecule has 0 amide bonds. The number of morpholine rings is 1. The molecule has 0 radical (unpaired) electrons. The number of fused-ring (bicyclic) bond motifs is 1. The van der Waals surface area contributed by atoms with E-state index in [2.05, 4.69) is 25.9 Å². The van der Waals surface area contributed by atoms with Crippen molar-refractivity contribution < 1.29 is 13.5 Å². The predicted molar refractivity (Wildman–Crippen MR) is 140 cm³/mol. The van der Waals surface area contributed by atoms with Crippen molar-refractivity contribution in [3.8, 4) is 11.3 Å². The number of ether oxygens (including phenoxy) is 1. The highest BCUT2D eigenvalue weighted by Crippen LogP contribution is 2.62. The van der Waals surface area contributed by atoms with Gasteiger partial charge in [0, 0.05) is 29.9 Å². The smallest absolute Gasteiger partial charge is 0.228 e. The maximum atomic E-state index is 14.8. The third-order valence-corrected chi connectivity index (χ3v) is 7.93. The van der Waals surface area contributed by atoms with E-state index in [9.17, 15) is 8.78 Å². The topological polar surface area (TPSA) is 81.9 Å². The second kappa shape index (κ2) is 9.34. The summed E-state index contributed by atoms with van der Waals surface area (Å²) in [6.45, 7) is 9.28. The van der Waals surface area contributed by atoms with Crippen LogP contribution in [0.15, 0.2) is 30.6 Å². The lowest BCUT2D eigenvalue weighted by Crippen LogP contribution is -2.59. The fourth-order valence-electron chi connectivity index (χ4n) is 5.62. The first-order valence-corrected chi connectivity index (χ1v) is 13.3. The van der Waals surface area contributed by atoms with Crippen LogP contribution < -0.4 is 4.90 Å². The molecule has 1 aromatic carbocycles. The maximum Gasteiger partial charge on any atom is 0.228 e. The lowest BCUT2D eigenvalue weighted by atomic mass is 9.50. The standard InChI is InChI=1S/C26H25F2N7O.C2H6/c1-14-15(2)31-24-23(30-14)22(19-4-3-18(27)7-20(19)28)32-25(33-24)34-5-6-36-21(13-34)17-11-29-35(12-17)26-8-16(9-26)10-26;1-2/h3-4,7,11-12,16,21H,5-6,8-10,13H2,1-2H3;1-2H3/t16?,21-,26?;/m1./s1. The second-order valence-electron chi connectivity index (χ2n) is 10.3. The van der Waals surface area contributed by atoms with E-state index in [1.54, 1.807) is 0 Å². The number of hydrogen-bond acceptors (Lipinski definition) is 7. The molecule has 2 bridgehead atoms. The number of hydrogen-bond donors (Lipinski definition) is 0. The van der Waals surface area contributed by atoms with Crippen molar-refractivity contribution in [1.29, 1.82) is 0 Å². The van der Waals surface area contributed by atoms with Crippen LogP contribution in [0.25, 0.3) is 22.4 Å². The molecule has 3 aliphatic carbocycles. The average molecular weight is 520 g/mol. The van der Waals surface area contributed by atoms with Crippen molar-refractivity contribution in [3.05, 3.63) is 59.2 Å². The summed E-state index contributed by atoms with van der Waals surface area (Å²) in [5.41, 5.74) is 3.91. The van der Waals surface area contributed by atoms with Crippen LogP contribution in [-0.4, -0.2) is 49.4 Å². The van der Waals surface area contributed by atoms with Gasteiger partial charge in [-0.15, -0.1) is 0 Å². The van der Waals surface area contributed by atoms with E-state index in [1.165, 1.54) is 31.4 Å². The summed E-state index contributed by atoms with van der Waals surface area (Å²) in [4.78, 5) is 20.7. The SMILES string of the molecule is CC.Cc1nc2nc(N3CCO[C@@H](c4cnn(C56CC(C5)C6)c4)C3)nc(-c3ccc(F)cc3F)c2nc1C. The highest BCUT2D eigenvalue weighted by Gasteiger charge is 2.58. The first-order valence-electron chi connectivity index (χ1n) is 13.3. The number of anilines is 1. The third kappa shape index (κ3) is 4.02. The Hall–Kier alpha value is -3.53. The summed E-state index contributed by atoms with van der Waals surface area (Å²) in [5, 5.41) is 4.65. The summed E-state index contributed by atoms with van der Waals surface area (Å²) in [7, 11) is 0. The van der Waals surface area contributed by atoms with Crippen molar-refractivity contribution in [2.75, 3.05) is 24.6 Å². The van der Waals surface area contributed by atoms with E-state index in [1.807, 2.05) is 38.8 Å². The minimum Gasteiger partial charge on any atom is -0.370 e. The molecule has 1 aliphatic heterocycles. The molecule has 198 valence electrons. The van der Waals surface area contributed by atoms with Gasteiger partial charge in [-0.25, -0.2) is 23.7 Å². The van der Waals surface area contributed by atoms with Gasteiger partial charge in [0.05, 0.1) is 36.3 Å².